The van der Waals surface area contributed by atoms with Crippen molar-refractivity contribution in [3.8, 4) is 0 Å². The molecule has 6 nitrogen and oxygen atoms in total. The Kier molecular flexibility index (Phi) is 6.81. The number of carbonyl (C=O) groups is 3. The van der Waals surface area contributed by atoms with E-state index >= 15 is 0 Å². The fourth-order valence-corrected chi connectivity index (χ4v) is 4.09. The van der Waals surface area contributed by atoms with Crippen LogP contribution in [0.5, 0.6) is 0 Å². The average molecular weight is 440 g/mol. The number of carbonyl (C=O) groups excluding carboxylic acids is 3. The molecule has 8 heteroatoms. The average Bonchev–Trinajstić information content (AvgIpc) is 3.06. The van der Waals surface area contributed by atoms with E-state index in [2.05, 4.69) is 10.6 Å². The van der Waals surface area contributed by atoms with Gasteiger partial charge in [0.15, 0.2) is 0 Å². The predicted molar refractivity (Wildman–Crippen MR) is 118 cm³/mol. The van der Waals surface area contributed by atoms with Gasteiger partial charge in [0.05, 0.1) is 22.7 Å². The molecule has 0 radical (unpaired) electrons. The van der Waals surface area contributed by atoms with E-state index in [-0.39, 0.29) is 27.7 Å². The topological polar surface area (TPSA) is 84.5 Å². The van der Waals surface area contributed by atoms with E-state index in [1.165, 1.54) is 18.2 Å². The number of hydrogen-bond donors (Lipinski definition) is 2. The van der Waals surface area contributed by atoms with Crippen molar-refractivity contribution >= 4 is 39.8 Å². The molecule has 0 aliphatic heterocycles. The molecule has 0 atom stereocenters. The van der Waals surface area contributed by atoms with Crippen LogP contribution in [-0.4, -0.2) is 24.4 Å². The summed E-state index contributed by atoms with van der Waals surface area (Å²) < 4.78 is 19.1. The van der Waals surface area contributed by atoms with Crippen molar-refractivity contribution < 1.29 is 23.5 Å². The first-order valence-electron chi connectivity index (χ1n) is 9.56. The van der Waals surface area contributed by atoms with Gasteiger partial charge in [0.2, 0.25) is 0 Å². The fourth-order valence-electron chi connectivity index (χ4n) is 3.01. The van der Waals surface area contributed by atoms with Crippen LogP contribution in [0, 0.1) is 19.7 Å². The highest BCUT2D eigenvalue weighted by atomic mass is 32.1. The number of aryl methyl sites for hydroxylation is 1. The molecular formula is C23H21FN2O4S. The smallest absolute Gasteiger partial charge is 0.341 e. The van der Waals surface area contributed by atoms with Gasteiger partial charge in [-0.2, -0.15) is 0 Å². The summed E-state index contributed by atoms with van der Waals surface area (Å²) in [5.74, 6) is -2.23. The Bertz CT molecular complexity index is 1160. The van der Waals surface area contributed by atoms with Crippen LogP contribution in [0.1, 0.15) is 48.4 Å². The minimum atomic E-state index is -0.652. The van der Waals surface area contributed by atoms with Crippen molar-refractivity contribution in [2.75, 3.05) is 17.2 Å². The molecule has 3 rings (SSSR count). The summed E-state index contributed by atoms with van der Waals surface area (Å²) in [6, 6.07) is 12.8. The van der Waals surface area contributed by atoms with E-state index < -0.39 is 23.6 Å². The van der Waals surface area contributed by atoms with Gasteiger partial charge in [-0.15, -0.1) is 11.3 Å². The van der Waals surface area contributed by atoms with Gasteiger partial charge < -0.3 is 15.4 Å². The minimum Gasteiger partial charge on any atom is -0.462 e. The van der Waals surface area contributed by atoms with E-state index in [0.29, 0.717) is 11.1 Å². The third kappa shape index (κ3) is 4.80. The molecule has 2 N–H and O–H groups in total. The van der Waals surface area contributed by atoms with E-state index in [4.69, 9.17) is 4.74 Å². The first-order chi connectivity index (χ1) is 14.8. The Labute approximate surface area is 183 Å². The molecule has 2 amide bonds. The number of rotatable bonds is 6. The molecule has 31 heavy (non-hydrogen) atoms. The largest absolute Gasteiger partial charge is 0.462 e. The van der Waals surface area contributed by atoms with E-state index in [9.17, 15) is 18.8 Å². The number of thiophene rings is 1. The lowest BCUT2D eigenvalue weighted by Gasteiger charge is -2.08. The summed E-state index contributed by atoms with van der Waals surface area (Å²) >= 11 is 0.935. The van der Waals surface area contributed by atoms with Gasteiger partial charge in [0.1, 0.15) is 10.8 Å². The Morgan fingerprint density at radius 3 is 2.32 bits per heavy atom. The van der Waals surface area contributed by atoms with E-state index in [1.807, 2.05) is 6.07 Å². The maximum atomic E-state index is 13.9. The Morgan fingerprint density at radius 1 is 0.968 bits per heavy atom. The van der Waals surface area contributed by atoms with Crippen LogP contribution in [0.15, 0.2) is 48.5 Å². The fraction of sp³-hybridized carbons (Fsp3) is 0.174. The molecular weight excluding hydrogens is 419 g/mol. The molecule has 0 aliphatic carbocycles. The monoisotopic (exact) mass is 440 g/mol. The third-order valence-electron chi connectivity index (χ3n) is 4.57. The molecule has 1 aromatic heterocycles. The lowest BCUT2D eigenvalue weighted by atomic mass is 10.1. The van der Waals surface area contributed by atoms with Crippen LogP contribution in [0.2, 0.25) is 0 Å². The second-order valence-electron chi connectivity index (χ2n) is 6.68. The summed E-state index contributed by atoms with van der Waals surface area (Å²) in [6.07, 6.45) is 0. The van der Waals surface area contributed by atoms with E-state index in [0.717, 1.165) is 16.9 Å². The highest BCUT2D eigenvalue weighted by molar-refractivity contribution is 7.19. The van der Waals surface area contributed by atoms with Gasteiger partial charge in [-0.3, -0.25) is 9.59 Å². The van der Waals surface area contributed by atoms with Crippen LogP contribution < -0.4 is 10.6 Å². The van der Waals surface area contributed by atoms with Crippen LogP contribution >= 0.6 is 11.3 Å². The number of para-hydroxylation sites is 1. The van der Waals surface area contributed by atoms with Crippen molar-refractivity contribution in [3.05, 3.63) is 81.5 Å². The zero-order valence-corrected chi connectivity index (χ0v) is 18.1. The Hall–Kier alpha value is -3.52. The number of amides is 2. The van der Waals surface area contributed by atoms with Crippen LogP contribution in [0.4, 0.5) is 15.1 Å². The maximum absolute atomic E-state index is 13.9. The quantitative estimate of drug-likeness (QED) is 0.517. The SMILES string of the molecule is CCOC(=O)c1c(NC(=O)c2ccccc2C)sc(C(=O)Nc2ccccc2F)c1C. The standard InChI is InChI=1S/C23H21FN2O4S/c1-4-30-23(29)18-14(3)19(21(28)25-17-12-8-7-11-16(17)24)31-22(18)26-20(27)15-10-6-5-9-13(15)2/h5-12H,4H2,1-3H3,(H,25,28)(H,26,27). The maximum Gasteiger partial charge on any atom is 0.341 e. The first kappa shape index (κ1) is 22.2. The third-order valence-corrected chi connectivity index (χ3v) is 5.78. The molecule has 1 heterocycles. The van der Waals surface area contributed by atoms with Gasteiger partial charge >= 0.3 is 5.97 Å². The lowest BCUT2D eigenvalue weighted by Crippen LogP contribution is -2.16. The van der Waals surface area contributed by atoms with Gasteiger partial charge in [0, 0.05) is 5.56 Å². The molecule has 0 bridgehead atoms. The molecule has 0 aliphatic rings. The highest BCUT2D eigenvalue weighted by Crippen LogP contribution is 2.35. The molecule has 0 fully saturated rings. The van der Waals surface area contributed by atoms with Gasteiger partial charge in [-0.25, -0.2) is 9.18 Å². The molecule has 0 saturated heterocycles. The van der Waals surface area contributed by atoms with Crippen molar-refractivity contribution in [1.82, 2.24) is 0 Å². The zero-order valence-electron chi connectivity index (χ0n) is 17.2. The number of anilines is 2. The molecule has 2 aromatic carbocycles. The second kappa shape index (κ2) is 9.53. The van der Waals surface area contributed by atoms with Gasteiger partial charge in [-0.1, -0.05) is 30.3 Å². The van der Waals surface area contributed by atoms with Crippen LogP contribution in [0.25, 0.3) is 0 Å². The zero-order chi connectivity index (χ0) is 22.5. The van der Waals surface area contributed by atoms with Gasteiger partial charge in [0.25, 0.3) is 11.8 Å². The minimum absolute atomic E-state index is 0.0171. The number of hydrogen-bond acceptors (Lipinski definition) is 5. The van der Waals surface area contributed by atoms with Crippen molar-refractivity contribution in [2.24, 2.45) is 0 Å². The number of esters is 1. The van der Waals surface area contributed by atoms with Crippen molar-refractivity contribution in [1.29, 1.82) is 0 Å². The van der Waals surface area contributed by atoms with Crippen LogP contribution in [0.3, 0.4) is 0 Å². The molecule has 0 spiro atoms. The Balaban J connectivity index is 1.97. The first-order valence-corrected chi connectivity index (χ1v) is 10.4. The van der Waals surface area contributed by atoms with Crippen LogP contribution in [-0.2, 0) is 4.74 Å². The van der Waals surface area contributed by atoms with Crippen molar-refractivity contribution in [3.63, 3.8) is 0 Å². The number of ether oxygens (including phenoxy) is 1. The number of halogens is 1. The molecule has 0 unspecified atom stereocenters. The summed E-state index contributed by atoms with van der Waals surface area (Å²) in [7, 11) is 0. The predicted octanol–water partition coefficient (Wildman–Crippen LogP) is 5.19. The number of nitrogens with one attached hydrogen (secondary N) is 2. The number of benzene rings is 2. The summed E-state index contributed by atoms with van der Waals surface area (Å²) in [5.41, 5.74) is 1.68. The molecule has 160 valence electrons. The Morgan fingerprint density at radius 2 is 1.65 bits per heavy atom. The summed E-state index contributed by atoms with van der Waals surface area (Å²) in [5, 5.41) is 5.42. The highest BCUT2D eigenvalue weighted by Gasteiger charge is 2.27. The lowest BCUT2D eigenvalue weighted by molar-refractivity contribution is 0.0527. The molecule has 0 saturated carbocycles. The second-order valence-corrected chi connectivity index (χ2v) is 7.70. The summed E-state index contributed by atoms with van der Waals surface area (Å²) in [6.45, 7) is 5.18. The van der Waals surface area contributed by atoms with Crippen molar-refractivity contribution in [2.45, 2.75) is 20.8 Å². The van der Waals surface area contributed by atoms with E-state index in [1.54, 1.807) is 45.0 Å². The normalized spacial score (nSPS) is 10.5. The van der Waals surface area contributed by atoms with Gasteiger partial charge in [-0.05, 0) is 50.1 Å². The molecule has 3 aromatic rings. The summed E-state index contributed by atoms with van der Waals surface area (Å²) in [4.78, 5) is 38.3.